The van der Waals surface area contributed by atoms with Crippen LogP contribution in [0.3, 0.4) is 0 Å². The maximum absolute atomic E-state index is 5.86. The molecule has 4 heteroatoms. The first-order chi connectivity index (χ1) is 13.9. The third-order valence-electron chi connectivity index (χ3n) is 5.00. The van der Waals surface area contributed by atoms with Gasteiger partial charge in [0.15, 0.2) is 5.11 Å². The summed E-state index contributed by atoms with van der Waals surface area (Å²) in [5.74, 6) is 0.419. The van der Waals surface area contributed by atoms with E-state index in [0.29, 0.717) is 17.6 Å². The first kappa shape index (κ1) is 21.0. The average Bonchev–Trinajstić information content (AvgIpc) is 2.69. The van der Waals surface area contributed by atoms with Crippen LogP contribution in [0.1, 0.15) is 47.7 Å². The predicted octanol–water partition coefficient (Wildman–Crippen LogP) is 6.22. The molecule has 3 aromatic rings. The Labute approximate surface area is 179 Å². The lowest BCUT2D eigenvalue weighted by molar-refractivity contribution is 0.407. The van der Waals surface area contributed by atoms with Gasteiger partial charge in [-0.25, -0.2) is 0 Å². The zero-order chi connectivity index (χ0) is 20.8. The number of aromatic nitrogens is 1. The Morgan fingerprint density at radius 3 is 2.38 bits per heavy atom. The van der Waals surface area contributed by atoms with Gasteiger partial charge < -0.3 is 10.2 Å². The number of rotatable bonds is 6. The number of pyridine rings is 1. The summed E-state index contributed by atoms with van der Waals surface area (Å²) in [5, 5.41) is 4.23. The number of nitrogens with zero attached hydrogens (tertiary/aromatic N) is 2. The summed E-state index contributed by atoms with van der Waals surface area (Å²) < 4.78 is 0. The molecule has 0 bridgehead atoms. The van der Waals surface area contributed by atoms with Gasteiger partial charge in [-0.15, -0.1) is 0 Å². The van der Waals surface area contributed by atoms with Crippen LogP contribution < -0.4 is 5.32 Å². The lowest BCUT2D eigenvalue weighted by Gasteiger charge is -2.27. The minimum Gasteiger partial charge on any atom is -0.339 e. The lowest BCUT2D eigenvalue weighted by Crippen LogP contribution is -2.34. The lowest BCUT2D eigenvalue weighted by atomic mass is 9.96. The topological polar surface area (TPSA) is 28.2 Å². The Bertz CT molecular complexity index is 950. The third kappa shape index (κ3) is 5.64. The molecule has 0 amide bonds. The highest BCUT2D eigenvalue weighted by Gasteiger charge is 2.16. The monoisotopic (exact) mass is 403 g/mol. The summed E-state index contributed by atoms with van der Waals surface area (Å²) in [4.78, 5) is 6.67. The molecule has 29 heavy (non-hydrogen) atoms. The van der Waals surface area contributed by atoms with Crippen molar-refractivity contribution in [2.24, 2.45) is 0 Å². The second kappa shape index (κ2) is 9.66. The van der Waals surface area contributed by atoms with Crippen LogP contribution in [0.5, 0.6) is 0 Å². The van der Waals surface area contributed by atoms with E-state index in [1.54, 1.807) is 0 Å². The molecular weight excluding hydrogens is 374 g/mol. The van der Waals surface area contributed by atoms with Crippen LogP contribution in [0.4, 0.5) is 5.69 Å². The van der Waals surface area contributed by atoms with Crippen LogP contribution >= 0.6 is 12.2 Å². The molecule has 150 valence electrons. The first-order valence-electron chi connectivity index (χ1n) is 10.0. The Morgan fingerprint density at radius 2 is 1.72 bits per heavy atom. The molecule has 0 unspecified atom stereocenters. The van der Waals surface area contributed by atoms with Crippen LogP contribution in [-0.2, 0) is 13.1 Å². The van der Waals surface area contributed by atoms with Crippen molar-refractivity contribution in [3.8, 4) is 0 Å². The smallest absolute Gasteiger partial charge is 0.174 e. The van der Waals surface area contributed by atoms with E-state index in [1.165, 1.54) is 22.3 Å². The molecule has 0 radical (unpaired) electrons. The molecule has 1 aromatic heterocycles. The molecule has 0 aliphatic rings. The molecule has 0 spiro atoms. The van der Waals surface area contributed by atoms with Gasteiger partial charge >= 0.3 is 0 Å². The van der Waals surface area contributed by atoms with E-state index in [9.17, 15) is 0 Å². The van der Waals surface area contributed by atoms with Crippen LogP contribution in [0.15, 0.2) is 66.9 Å². The summed E-state index contributed by atoms with van der Waals surface area (Å²) >= 11 is 5.86. The summed E-state index contributed by atoms with van der Waals surface area (Å²) in [6.07, 6.45) is 1.83. The van der Waals surface area contributed by atoms with E-state index >= 15 is 0 Å². The van der Waals surface area contributed by atoms with E-state index in [4.69, 9.17) is 12.2 Å². The molecular formula is C25H29N3S. The van der Waals surface area contributed by atoms with Gasteiger partial charge in [0.05, 0.1) is 12.2 Å². The minimum absolute atomic E-state index is 0.419. The molecule has 0 aliphatic heterocycles. The zero-order valence-electron chi connectivity index (χ0n) is 17.6. The van der Waals surface area contributed by atoms with Gasteiger partial charge in [-0.1, -0.05) is 61.9 Å². The van der Waals surface area contributed by atoms with Gasteiger partial charge in [0.1, 0.15) is 0 Å². The fraction of sp³-hybridized carbons (Fsp3) is 0.280. The minimum atomic E-state index is 0.419. The van der Waals surface area contributed by atoms with Gasteiger partial charge in [0.2, 0.25) is 0 Å². The molecule has 0 saturated heterocycles. The molecule has 2 aromatic carbocycles. The average molecular weight is 404 g/mol. The van der Waals surface area contributed by atoms with Crippen molar-refractivity contribution < 1.29 is 0 Å². The van der Waals surface area contributed by atoms with E-state index < -0.39 is 0 Å². The summed E-state index contributed by atoms with van der Waals surface area (Å²) in [5.41, 5.74) is 7.15. The van der Waals surface area contributed by atoms with Crippen molar-refractivity contribution in [2.75, 3.05) is 5.32 Å². The number of hydrogen-bond donors (Lipinski definition) is 1. The number of anilines is 1. The fourth-order valence-corrected chi connectivity index (χ4v) is 3.79. The van der Waals surface area contributed by atoms with Crippen molar-refractivity contribution >= 4 is 23.0 Å². The van der Waals surface area contributed by atoms with Crippen LogP contribution in [0, 0.1) is 13.8 Å². The number of aryl methyl sites for hydroxylation is 2. The third-order valence-corrected chi connectivity index (χ3v) is 5.36. The van der Waals surface area contributed by atoms with Crippen LogP contribution in [-0.4, -0.2) is 15.0 Å². The predicted molar refractivity (Wildman–Crippen MR) is 126 cm³/mol. The number of thiocarbonyl (C=S) groups is 1. The van der Waals surface area contributed by atoms with Crippen molar-refractivity contribution in [2.45, 2.75) is 46.7 Å². The Hall–Kier alpha value is -2.72. The van der Waals surface area contributed by atoms with Crippen molar-refractivity contribution in [3.05, 3.63) is 94.8 Å². The molecule has 0 fully saturated rings. The molecule has 3 rings (SSSR count). The summed E-state index contributed by atoms with van der Waals surface area (Å²) in [7, 11) is 0. The summed E-state index contributed by atoms with van der Waals surface area (Å²) in [6, 6.07) is 20.9. The molecule has 1 heterocycles. The highest BCUT2D eigenvalue weighted by Crippen LogP contribution is 2.28. The second-order valence-corrected chi connectivity index (χ2v) is 8.17. The van der Waals surface area contributed by atoms with Crippen molar-refractivity contribution in [3.63, 3.8) is 0 Å². The van der Waals surface area contributed by atoms with Gasteiger partial charge in [-0.3, -0.25) is 4.98 Å². The van der Waals surface area contributed by atoms with Crippen LogP contribution in [0.2, 0.25) is 0 Å². The quantitative estimate of drug-likeness (QED) is 0.495. The molecule has 0 saturated carbocycles. The van der Waals surface area contributed by atoms with Crippen molar-refractivity contribution in [1.82, 2.24) is 9.88 Å². The first-order valence-corrected chi connectivity index (χ1v) is 10.5. The van der Waals surface area contributed by atoms with E-state index in [-0.39, 0.29) is 0 Å². The fourth-order valence-electron chi connectivity index (χ4n) is 3.55. The number of hydrogen-bond acceptors (Lipinski definition) is 2. The molecule has 3 nitrogen and oxygen atoms in total. The van der Waals surface area contributed by atoms with Gasteiger partial charge in [-0.2, -0.15) is 0 Å². The molecule has 0 aliphatic carbocycles. The van der Waals surface area contributed by atoms with E-state index in [0.717, 1.165) is 17.9 Å². The largest absolute Gasteiger partial charge is 0.339 e. The zero-order valence-corrected chi connectivity index (χ0v) is 18.5. The molecule has 0 atom stereocenters. The molecule has 1 N–H and O–H groups in total. The second-order valence-electron chi connectivity index (χ2n) is 7.78. The SMILES string of the molecule is Cc1ccc(CN(Cc2ccccn2)C(=S)Nc2cccc(C)c2C(C)C)cc1. The highest BCUT2D eigenvalue weighted by molar-refractivity contribution is 7.80. The van der Waals surface area contributed by atoms with Gasteiger partial charge in [0, 0.05) is 18.4 Å². The van der Waals surface area contributed by atoms with E-state index in [2.05, 4.69) is 85.4 Å². The maximum atomic E-state index is 5.86. The Kier molecular flexibility index (Phi) is 6.99. The Morgan fingerprint density at radius 1 is 0.966 bits per heavy atom. The van der Waals surface area contributed by atoms with Crippen molar-refractivity contribution in [1.29, 1.82) is 0 Å². The summed E-state index contributed by atoms with van der Waals surface area (Å²) in [6.45, 7) is 10.1. The van der Waals surface area contributed by atoms with E-state index in [1.807, 2.05) is 24.4 Å². The van der Waals surface area contributed by atoms with Gasteiger partial charge in [0.25, 0.3) is 0 Å². The Balaban J connectivity index is 1.86. The normalized spacial score (nSPS) is 10.8. The highest BCUT2D eigenvalue weighted by atomic mass is 32.1. The maximum Gasteiger partial charge on any atom is 0.174 e. The number of benzene rings is 2. The van der Waals surface area contributed by atoms with Crippen LogP contribution in [0.25, 0.3) is 0 Å². The number of nitrogens with one attached hydrogen (secondary N) is 1. The van der Waals surface area contributed by atoms with Gasteiger partial charge in [-0.05, 0) is 66.9 Å². The standard InChI is InChI=1S/C25H29N3S/c1-18(2)24-20(4)8-7-10-23(24)27-25(29)28(17-22-9-5-6-15-26-22)16-21-13-11-19(3)12-14-21/h5-15,18H,16-17H2,1-4H3,(H,27,29).